The SMILES string of the molecule is CCCNC(=O)C1=C(C(=O)OCc2ccccc2)C2(C)C(c3ccc(OC)cc3)=C(C)C1(C)C2(C)C. The zero-order valence-corrected chi connectivity index (χ0v) is 22.5. The molecule has 1 N–H and O–H groups in total. The van der Waals surface area contributed by atoms with E-state index in [4.69, 9.17) is 9.47 Å². The van der Waals surface area contributed by atoms with Crippen LogP contribution in [0.25, 0.3) is 5.57 Å². The number of carbonyl (C=O) groups excluding carboxylic acids is 2. The van der Waals surface area contributed by atoms with Crippen LogP contribution < -0.4 is 10.1 Å². The molecule has 36 heavy (non-hydrogen) atoms. The van der Waals surface area contributed by atoms with Crippen LogP contribution in [-0.2, 0) is 20.9 Å². The van der Waals surface area contributed by atoms with Gasteiger partial charge in [0.05, 0.1) is 12.7 Å². The monoisotopic (exact) mass is 487 g/mol. The number of hydrogen-bond donors (Lipinski definition) is 1. The van der Waals surface area contributed by atoms with Crippen molar-refractivity contribution in [1.29, 1.82) is 0 Å². The molecule has 2 aromatic rings. The van der Waals surface area contributed by atoms with Gasteiger partial charge in [0.15, 0.2) is 0 Å². The van der Waals surface area contributed by atoms with Gasteiger partial charge in [0, 0.05) is 22.9 Å². The Bertz CT molecular complexity index is 1240. The third-order valence-electron chi connectivity index (χ3n) is 8.93. The Morgan fingerprint density at radius 1 is 0.889 bits per heavy atom. The fourth-order valence-electron chi connectivity index (χ4n) is 6.38. The average molecular weight is 488 g/mol. The van der Waals surface area contributed by atoms with Gasteiger partial charge in [-0.25, -0.2) is 4.79 Å². The van der Waals surface area contributed by atoms with E-state index in [2.05, 4.69) is 39.9 Å². The second kappa shape index (κ2) is 9.27. The van der Waals surface area contributed by atoms with Crippen molar-refractivity contribution >= 4 is 17.4 Å². The molecule has 0 saturated heterocycles. The van der Waals surface area contributed by atoms with Crippen LogP contribution >= 0.6 is 0 Å². The summed E-state index contributed by atoms with van der Waals surface area (Å²) in [6, 6.07) is 17.6. The van der Waals surface area contributed by atoms with E-state index >= 15 is 0 Å². The molecule has 2 unspecified atom stereocenters. The van der Waals surface area contributed by atoms with Crippen molar-refractivity contribution in [1.82, 2.24) is 5.32 Å². The highest BCUT2D eigenvalue weighted by Gasteiger charge is 2.72. The molecule has 2 aromatic carbocycles. The lowest BCUT2D eigenvalue weighted by Crippen LogP contribution is -2.40. The molecule has 2 aliphatic carbocycles. The van der Waals surface area contributed by atoms with E-state index in [1.807, 2.05) is 61.5 Å². The molecule has 0 radical (unpaired) electrons. The molecule has 0 spiro atoms. The van der Waals surface area contributed by atoms with Crippen LogP contribution in [0, 0.1) is 16.2 Å². The van der Waals surface area contributed by atoms with Gasteiger partial charge in [0.2, 0.25) is 5.91 Å². The van der Waals surface area contributed by atoms with Crippen LogP contribution in [0.5, 0.6) is 5.75 Å². The summed E-state index contributed by atoms with van der Waals surface area (Å²) in [5.41, 5.74) is 3.31. The second-order valence-electron chi connectivity index (χ2n) is 10.7. The Kier molecular flexibility index (Phi) is 6.63. The predicted octanol–water partition coefficient (Wildman–Crippen LogP) is 6.10. The fraction of sp³-hybridized carbons (Fsp3) is 0.419. The van der Waals surface area contributed by atoms with E-state index in [1.54, 1.807) is 7.11 Å². The van der Waals surface area contributed by atoms with Crippen molar-refractivity contribution in [2.24, 2.45) is 16.2 Å². The topological polar surface area (TPSA) is 64.6 Å². The molecular weight excluding hydrogens is 450 g/mol. The number of fused-ring (bicyclic) bond motifs is 2. The number of benzene rings is 2. The van der Waals surface area contributed by atoms with Crippen molar-refractivity contribution < 1.29 is 19.1 Å². The van der Waals surface area contributed by atoms with Crippen LogP contribution in [0.4, 0.5) is 0 Å². The number of carbonyl (C=O) groups is 2. The minimum atomic E-state index is -0.729. The number of nitrogens with one attached hydrogen (secondary N) is 1. The van der Waals surface area contributed by atoms with Gasteiger partial charge in [0.25, 0.3) is 0 Å². The summed E-state index contributed by atoms with van der Waals surface area (Å²) in [6.07, 6.45) is 0.816. The predicted molar refractivity (Wildman–Crippen MR) is 142 cm³/mol. The van der Waals surface area contributed by atoms with Gasteiger partial charge < -0.3 is 14.8 Å². The van der Waals surface area contributed by atoms with Gasteiger partial charge in [-0.3, -0.25) is 4.79 Å². The highest BCUT2D eigenvalue weighted by molar-refractivity contribution is 6.11. The number of allylic oxidation sites excluding steroid dienone is 2. The summed E-state index contributed by atoms with van der Waals surface area (Å²) in [5, 5.41) is 3.04. The van der Waals surface area contributed by atoms with Gasteiger partial charge in [-0.1, -0.05) is 82.7 Å². The highest BCUT2D eigenvalue weighted by atomic mass is 16.5. The Balaban J connectivity index is 1.87. The first-order chi connectivity index (χ1) is 17.1. The first-order valence-electron chi connectivity index (χ1n) is 12.7. The van der Waals surface area contributed by atoms with E-state index < -0.39 is 22.2 Å². The second-order valence-corrected chi connectivity index (χ2v) is 10.7. The number of hydrogen-bond acceptors (Lipinski definition) is 4. The molecule has 0 aromatic heterocycles. The van der Waals surface area contributed by atoms with Gasteiger partial charge in [-0.2, -0.15) is 0 Å². The summed E-state index contributed by atoms with van der Waals surface area (Å²) in [6.45, 7) is 13.4. The molecule has 0 heterocycles. The molecule has 2 atom stereocenters. The molecule has 1 amide bonds. The van der Waals surface area contributed by atoms with E-state index in [9.17, 15) is 9.59 Å². The maximum Gasteiger partial charge on any atom is 0.335 e. The average Bonchev–Trinajstić information content (AvgIpc) is 3.09. The van der Waals surface area contributed by atoms with Crippen LogP contribution in [0.3, 0.4) is 0 Å². The number of amides is 1. The maximum atomic E-state index is 13.9. The van der Waals surface area contributed by atoms with Crippen molar-refractivity contribution in [2.75, 3.05) is 13.7 Å². The standard InChI is InChI=1S/C31H37NO4/c1-8-18-32-27(33)25-26(28(34)36-19-21-12-10-9-11-13-21)31(6)24(20(2)30(25,5)29(31,3)4)22-14-16-23(35-7)17-15-22/h9-17H,8,18-19H2,1-7H3,(H,32,33). The lowest BCUT2D eigenvalue weighted by atomic mass is 9.59. The highest BCUT2D eigenvalue weighted by Crippen LogP contribution is 2.77. The molecule has 5 nitrogen and oxygen atoms in total. The Labute approximate surface area is 214 Å². The summed E-state index contributed by atoms with van der Waals surface area (Å²) in [4.78, 5) is 27.6. The van der Waals surface area contributed by atoms with E-state index in [1.165, 1.54) is 0 Å². The third-order valence-corrected chi connectivity index (χ3v) is 8.93. The Morgan fingerprint density at radius 2 is 1.53 bits per heavy atom. The fourth-order valence-corrected chi connectivity index (χ4v) is 6.38. The smallest absolute Gasteiger partial charge is 0.335 e. The van der Waals surface area contributed by atoms with Crippen LogP contribution in [0.15, 0.2) is 71.3 Å². The quantitative estimate of drug-likeness (QED) is 0.457. The van der Waals surface area contributed by atoms with Crippen LogP contribution in [0.2, 0.25) is 0 Å². The number of methoxy groups -OCH3 is 1. The summed E-state index contributed by atoms with van der Waals surface area (Å²) >= 11 is 0. The largest absolute Gasteiger partial charge is 0.497 e. The lowest BCUT2D eigenvalue weighted by molar-refractivity contribution is -0.141. The minimum Gasteiger partial charge on any atom is -0.497 e. The zero-order valence-electron chi connectivity index (χ0n) is 22.5. The molecule has 0 aliphatic heterocycles. The normalized spacial score (nSPS) is 24.2. The first kappa shape index (κ1) is 25.7. The molecule has 0 fully saturated rings. The number of esters is 1. The van der Waals surface area contributed by atoms with Gasteiger partial charge in [-0.15, -0.1) is 0 Å². The number of rotatable bonds is 8. The number of ether oxygens (including phenoxy) is 2. The van der Waals surface area contributed by atoms with Gasteiger partial charge in [0.1, 0.15) is 12.4 Å². The molecule has 0 saturated carbocycles. The maximum absolute atomic E-state index is 13.9. The van der Waals surface area contributed by atoms with Crippen LogP contribution in [-0.4, -0.2) is 25.5 Å². The van der Waals surface area contributed by atoms with E-state index in [-0.39, 0.29) is 12.5 Å². The first-order valence-corrected chi connectivity index (χ1v) is 12.7. The third kappa shape index (κ3) is 3.51. The molecule has 190 valence electrons. The summed E-state index contributed by atoms with van der Waals surface area (Å²) in [7, 11) is 1.65. The van der Waals surface area contributed by atoms with Crippen molar-refractivity contribution in [2.45, 2.75) is 54.6 Å². The molecule has 2 aliphatic rings. The Hall–Kier alpha value is -3.34. The molecular formula is C31H37NO4. The van der Waals surface area contributed by atoms with Crippen molar-refractivity contribution in [3.05, 3.63) is 82.4 Å². The van der Waals surface area contributed by atoms with E-state index in [0.29, 0.717) is 17.7 Å². The molecule has 5 heteroatoms. The van der Waals surface area contributed by atoms with E-state index in [0.717, 1.165) is 34.4 Å². The summed E-state index contributed by atoms with van der Waals surface area (Å²) < 4.78 is 11.3. The zero-order chi connectivity index (χ0) is 26.3. The van der Waals surface area contributed by atoms with Gasteiger partial charge >= 0.3 is 5.97 Å². The van der Waals surface area contributed by atoms with Gasteiger partial charge in [-0.05, 0) is 47.6 Å². The van der Waals surface area contributed by atoms with Crippen molar-refractivity contribution in [3.63, 3.8) is 0 Å². The lowest BCUT2D eigenvalue weighted by Gasteiger charge is -2.43. The minimum absolute atomic E-state index is 0.154. The van der Waals surface area contributed by atoms with Crippen LogP contribution in [0.1, 0.15) is 59.1 Å². The van der Waals surface area contributed by atoms with Crippen molar-refractivity contribution in [3.8, 4) is 5.75 Å². The Morgan fingerprint density at radius 3 is 2.11 bits per heavy atom. The molecule has 2 bridgehead atoms. The summed E-state index contributed by atoms with van der Waals surface area (Å²) in [5.74, 6) is 0.155. The molecule has 4 rings (SSSR count).